The van der Waals surface area contributed by atoms with Gasteiger partial charge in [-0.2, -0.15) is 0 Å². The average Bonchev–Trinajstić information content (AvgIpc) is 2.32. The van der Waals surface area contributed by atoms with Crippen LogP contribution in [0.5, 0.6) is 0 Å². The number of nitrogens with two attached hydrogens (primary N) is 1. The zero-order chi connectivity index (χ0) is 13.3. The molecule has 0 aliphatic rings. The predicted octanol–water partition coefficient (Wildman–Crippen LogP) is 3.84. The maximum absolute atomic E-state index is 13.8. The monoisotopic (exact) mass is 267 g/mol. The minimum absolute atomic E-state index is 0.0793. The van der Waals surface area contributed by atoms with E-state index in [1.807, 2.05) is 0 Å². The van der Waals surface area contributed by atoms with Crippen LogP contribution in [0.3, 0.4) is 0 Å². The lowest BCUT2D eigenvalue weighted by molar-refractivity contribution is 0.519. The molecule has 0 spiro atoms. The molecular weight excluding hydrogens is 256 g/mol. The Morgan fingerprint density at radius 2 is 1.72 bits per heavy atom. The highest BCUT2D eigenvalue weighted by Crippen LogP contribution is 2.33. The molecule has 1 atom stereocenters. The molecule has 2 rings (SSSR count). The molecule has 0 amide bonds. The Morgan fingerprint density at radius 3 is 2.39 bits per heavy atom. The molecule has 0 saturated carbocycles. The minimum Gasteiger partial charge on any atom is -0.318 e. The lowest BCUT2D eigenvalue weighted by Gasteiger charge is -2.27. The van der Waals surface area contributed by atoms with Crippen LogP contribution < -0.4 is 5.73 Å². The van der Waals surface area contributed by atoms with Crippen molar-refractivity contribution in [3.05, 3.63) is 70.2 Å². The largest absolute Gasteiger partial charge is 0.318 e. The van der Waals surface area contributed by atoms with Gasteiger partial charge in [0.25, 0.3) is 0 Å². The van der Waals surface area contributed by atoms with Crippen LogP contribution in [0.2, 0.25) is 5.02 Å². The second-order valence-electron chi connectivity index (χ2n) is 4.31. The lowest BCUT2D eigenvalue weighted by atomic mass is 9.85. The molecular formula is C14H12ClF2N. The van der Waals surface area contributed by atoms with Crippen molar-refractivity contribution in [3.63, 3.8) is 0 Å². The Kier molecular flexibility index (Phi) is 3.37. The van der Waals surface area contributed by atoms with Crippen LogP contribution in [0.1, 0.15) is 18.1 Å². The Morgan fingerprint density at radius 1 is 1.06 bits per heavy atom. The molecule has 0 fully saturated rings. The highest BCUT2D eigenvalue weighted by atomic mass is 35.5. The Labute approximate surface area is 109 Å². The molecule has 2 aromatic carbocycles. The van der Waals surface area contributed by atoms with Crippen LogP contribution in [0.25, 0.3) is 0 Å². The fourth-order valence-corrected chi connectivity index (χ4v) is 2.25. The standard InChI is InChI=1S/C14H12ClF2N/c1-14(18,10-4-2-3-5-12(10)15)11-8-9(16)6-7-13(11)17/h2-8H,18H2,1H3. The van der Waals surface area contributed by atoms with E-state index in [-0.39, 0.29) is 5.56 Å². The molecule has 94 valence electrons. The first kappa shape index (κ1) is 13.0. The van der Waals surface area contributed by atoms with Gasteiger partial charge in [-0.3, -0.25) is 0 Å². The molecule has 0 aliphatic carbocycles. The predicted molar refractivity (Wildman–Crippen MR) is 68.5 cm³/mol. The SMILES string of the molecule is CC(N)(c1cc(F)ccc1F)c1ccccc1Cl. The smallest absolute Gasteiger partial charge is 0.128 e. The number of halogens is 3. The fraction of sp³-hybridized carbons (Fsp3) is 0.143. The van der Waals surface area contributed by atoms with Crippen molar-refractivity contribution in [1.29, 1.82) is 0 Å². The van der Waals surface area contributed by atoms with Crippen LogP contribution >= 0.6 is 11.6 Å². The minimum atomic E-state index is -1.19. The summed E-state index contributed by atoms with van der Waals surface area (Å²) in [4.78, 5) is 0. The summed E-state index contributed by atoms with van der Waals surface area (Å²) in [6, 6.07) is 10.1. The van der Waals surface area contributed by atoms with E-state index < -0.39 is 17.2 Å². The fourth-order valence-electron chi connectivity index (χ4n) is 1.92. The Hall–Kier alpha value is -1.45. The number of rotatable bonds is 2. The van der Waals surface area contributed by atoms with Gasteiger partial charge in [0, 0.05) is 10.6 Å². The quantitative estimate of drug-likeness (QED) is 0.879. The topological polar surface area (TPSA) is 26.0 Å². The summed E-state index contributed by atoms with van der Waals surface area (Å²) in [7, 11) is 0. The van der Waals surface area contributed by atoms with Gasteiger partial charge < -0.3 is 5.73 Å². The van der Waals surface area contributed by atoms with Crippen molar-refractivity contribution >= 4 is 11.6 Å². The normalized spacial score (nSPS) is 14.3. The first-order chi connectivity index (χ1) is 8.43. The molecule has 18 heavy (non-hydrogen) atoms. The third-order valence-corrected chi connectivity index (χ3v) is 3.25. The van der Waals surface area contributed by atoms with Crippen LogP contribution in [0, 0.1) is 11.6 Å². The van der Waals surface area contributed by atoms with Gasteiger partial charge in [0.1, 0.15) is 11.6 Å². The molecule has 1 nitrogen and oxygen atoms in total. The number of hydrogen-bond acceptors (Lipinski definition) is 1. The van der Waals surface area contributed by atoms with E-state index in [1.165, 1.54) is 0 Å². The van der Waals surface area contributed by atoms with Crippen LogP contribution in [-0.2, 0) is 5.54 Å². The van der Waals surface area contributed by atoms with Gasteiger partial charge in [-0.25, -0.2) is 8.78 Å². The molecule has 1 unspecified atom stereocenters. The average molecular weight is 268 g/mol. The van der Waals surface area contributed by atoms with Gasteiger partial charge in [-0.15, -0.1) is 0 Å². The summed E-state index contributed by atoms with van der Waals surface area (Å²) >= 11 is 6.05. The van der Waals surface area contributed by atoms with Gasteiger partial charge in [-0.1, -0.05) is 29.8 Å². The van der Waals surface area contributed by atoms with Crippen LogP contribution in [0.15, 0.2) is 42.5 Å². The Bertz CT molecular complexity index is 582. The summed E-state index contributed by atoms with van der Waals surface area (Å²) < 4.78 is 27.0. The first-order valence-corrected chi connectivity index (χ1v) is 5.80. The van der Waals surface area contributed by atoms with Crippen LogP contribution in [0.4, 0.5) is 8.78 Å². The van der Waals surface area contributed by atoms with Gasteiger partial charge in [0.2, 0.25) is 0 Å². The van der Waals surface area contributed by atoms with Crippen molar-refractivity contribution < 1.29 is 8.78 Å². The van der Waals surface area contributed by atoms with Crippen molar-refractivity contribution in [3.8, 4) is 0 Å². The van der Waals surface area contributed by atoms with Crippen LogP contribution in [-0.4, -0.2) is 0 Å². The first-order valence-electron chi connectivity index (χ1n) is 5.42. The maximum atomic E-state index is 13.8. The van der Waals surface area contributed by atoms with E-state index >= 15 is 0 Å². The summed E-state index contributed by atoms with van der Waals surface area (Å²) in [6.45, 7) is 1.60. The molecule has 0 bridgehead atoms. The second-order valence-corrected chi connectivity index (χ2v) is 4.71. The van der Waals surface area contributed by atoms with Gasteiger partial charge in [-0.05, 0) is 36.8 Å². The molecule has 0 radical (unpaired) electrons. The molecule has 0 heterocycles. The molecule has 4 heteroatoms. The number of hydrogen-bond donors (Lipinski definition) is 1. The second kappa shape index (κ2) is 4.67. The maximum Gasteiger partial charge on any atom is 0.128 e. The summed E-state index contributed by atoms with van der Waals surface area (Å²) in [6.07, 6.45) is 0. The van der Waals surface area contributed by atoms with E-state index in [4.69, 9.17) is 17.3 Å². The van der Waals surface area contributed by atoms with Crippen molar-refractivity contribution in [2.45, 2.75) is 12.5 Å². The van der Waals surface area contributed by atoms with E-state index in [1.54, 1.807) is 31.2 Å². The van der Waals surface area contributed by atoms with Gasteiger partial charge in [0.05, 0.1) is 5.54 Å². The summed E-state index contributed by atoms with van der Waals surface area (Å²) in [5, 5.41) is 0.422. The molecule has 2 N–H and O–H groups in total. The summed E-state index contributed by atoms with van der Waals surface area (Å²) in [5.41, 5.74) is 5.58. The van der Waals surface area contributed by atoms with Crippen molar-refractivity contribution in [2.24, 2.45) is 5.73 Å². The third-order valence-electron chi connectivity index (χ3n) is 2.92. The highest BCUT2D eigenvalue weighted by Gasteiger charge is 2.29. The van der Waals surface area contributed by atoms with Gasteiger partial charge >= 0.3 is 0 Å². The summed E-state index contributed by atoms with van der Waals surface area (Å²) in [5.74, 6) is -1.09. The van der Waals surface area contributed by atoms with E-state index in [9.17, 15) is 8.78 Å². The lowest BCUT2D eigenvalue weighted by Crippen LogP contribution is -2.35. The number of benzene rings is 2. The Balaban J connectivity index is 2.61. The van der Waals surface area contributed by atoms with E-state index in [2.05, 4.69) is 0 Å². The van der Waals surface area contributed by atoms with E-state index in [0.29, 0.717) is 10.6 Å². The zero-order valence-corrected chi connectivity index (χ0v) is 10.5. The van der Waals surface area contributed by atoms with E-state index in [0.717, 1.165) is 18.2 Å². The highest BCUT2D eigenvalue weighted by molar-refractivity contribution is 6.31. The zero-order valence-electron chi connectivity index (χ0n) is 9.75. The molecule has 0 aliphatic heterocycles. The van der Waals surface area contributed by atoms with Gasteiger partial charge in [0.15, 0.2) is 0 Å². The van der Waals surface area contributed by atoms with Crippen molar-refractivity contribution in [1.82, 2.24) is 0 Å². The third kappa shape index (κ3) is 2.24. The molecule has 2 aromatic rings. The molecule has 0 saturated heterocycles. The van der Waals surface area contributed by atoms with Crippen molar-refractivity contribution in [2.75, 3.05) is 0 Å². The molecule has 0 aromatic heterocycles.